The van der Waals surface area contributed by atoms with Crippen LogP contribution in [0.25, 0.3) is 0 Å². The van der Waals surface area contributed by atoms with Crippen molar-refractivity contribution in [1.82, 2.24) is 5.32 Å². The Hall–Kier alpha value is -0.130. The van der Waals surface area contributed by atoms with Crippen molar-refractivity contribution in [1.29, 1.82) is 0 Å². The lowest BCUT2D eigenvalue weighted by molar-refractivity contribution is 0.0231. The largest absolute Gasteiger partial charge is 0.378 e. The molecule has 18 heavy (non-hydrogen) atoms. The summed E-state index contributed by atoms with van der Waals surface area (Å²) in [5, 5.41) is 3.18. The lowest BCUT2D eigenvalue weighted by Gasteiger charge is -2.28. The molecule has 1 aliphatic carbocycles. The molecule has 0 spiro atoms. The first kappa shape index (κ1) is 14.3. The normalized spacial score (nSPS) is 33.7. The Morgan fingerprint density at radius 1 is 1.28 bits per heavy atom. The van der Waals surface area contributed by atoms with Gasteiger partial charge in [-0.2, -0.15) is 0 Å². The average Bonchev–Trinajstić information content (AvgIpc) is 2.81. The second-order valence-electron chi connectivity index (χ2n) is 5.76. The average molecular weight is 275 g/mol. The molecule has 1 saturated carbocycles. The smallest absolute Gasteiger partial charge is 0.150 e. The number of hydrogen-bond donors (Lipinski definition) is 1. The monoisotopic (exact) mass is 275 g/mol. The third-order valence-electron chi connectivity index (χ3n) is 4.23. The maximum absolute atomic E-state index is 11.6. The van der Waals surface area contributed by atoms with E-state index in [1.54, 1.807) is 0 Å². The van der Waals surface area contributed by atoms with Crippen molar-refractivity contribution in [3.05, 3.63) is 0 Å². The number of ether oxygens (including phenoxy) is 1. The van der Waals surface area contributed by atoms with Gasteiger partial charge in [-0.05, 0) is 57.5 Å². The molecule has 1 N–H and O–H groups in total. The summed E-state index contributed by atoms with van der Waals surface area (Å²) in [6.07, 6.45) is 7.37. The molecule has 0 radical (unpaired) electrons. The van der Waals surface area contributed by atoms with Gasteiger partial charge in [0.1, 0.15) is 9.84 Å². The van der Waals surface area contributed by atoms with E-state index in [4.69, 9.17) is 4.74 Å². The molecule has 5 heteroatoms. The van der Waals surface area contributed by atoms with E-state index >= 15 is 0 Å². The van der Waals surface area contributed by atoms with Crippen LogP contribution >= 0.6 is 0 Å². The third-order valence-corrected chi connectivity index (χ3v) is 5.86. The van der Waals surface area contributed by atoms with E-state index in [9.17, 15) is 8.42 Å². The maximum atomic E-state index is 11.6. The summed E-state index contributed by atoms with van der Waals surface area (Å²) in [5.41, 5.74) is 0. The van der Waals surface area contributed by atoms with Gasteiger partial charge < -0.3 is 10.1 Å². The summed E-state index contributed by atoms with van der Waals surface area (Å²) in [6.45, 7) is 3.03. The highest BCUT2D eigenvalue weighted by Gasteiger charge is 2.29. The Balaban J connectivity index is 1.69. The van der Waals surface area contributed by atoms with Gasteiger partial charge in [-0.25, -0.2) is 8.42 Å². The lowest BCUT2D eigenvalue weighted by atomic mass is 9.97. The Kier molecular flexibility index (Phi) is 5.04. The fraction of sp³-hybridized carbons (Fsp3) is 1.00. The Morgan fingerprint density at radius 3 is 2.78 bits per heavy atom. The predicted molar refractivity (Wildman–Crippen MR) is 72.4 cm³/mol. The first-order valence-electron chi connectivity index (χ1n) is 7.07. The number of sulfone groups is 1. The lowest BCUT2D eigenvalue weighted by Crippen LogP contribution is -2.32. The summed E-state index contributed by atoms with van der Waals surface area (Å²) in [7, 11) is -2.89. The summed E-state index contributed by atoms with van der Waals surface area (Å²) < 4.78 is 29.0. The van der Waals surface area contributed by atoms with Crippen molar-refractivity contribution >= 4 is 9.84 Å². The van der Waals surface area contributed by atoms with Crippen LogP contribution in [0, 0.1) is 5.92 Å². The van der Waals surface area contributed by atoms with Crippen LogP contribution in [0.5, 0.6) is 0 Å². The first-order chi connectivity index (χ1) is 8.55. The molecule has 3 atom stereocenters. The van der Waals surface area contributed by atoms with E-state index in [0.29, 0.717) is 6.42 Å². The highest BCUT2D eigenvalue weighted by Crippen LogP contribution is 2.26. The molecule has 0 aromatic rings. The molecule has 4 nitrogen and oxygen atoms in total. The van der Waals surface area contributed by atoms with Crippen LogP contribution in [-0.2, 0) is 14.6 Å². The molecule has 106 valence electrons. The van der Waals surface area contributed by atoms with E-state index in [-0.39, 0.29) is 11.4 Å². The molecule has 0 aromatic heterocycles. The minimum Gasteiger partial charge on any atom is -0.378 e. The summed E-state index contributed by atoms with van der Waals surface area (Å²) in [4.78, 5) is 0. The fourth-order valence-corrected chi connectivity index (χ4v) is 4.16. The van der Waals surface area contributed by atoms with Gasteiger partial charge in [0.25, 0.3) is 0 Å². The topological polar surface area (TPSA) is 55.4 Å². The molecule has 1 heterocycles. The van der Waals surface area contributed by atoms with Gasteiger partial charge in [0.05, 0.1) is 11.4 Å². The van der Waals surface area contributed by atoms with Gasteiger partial charge in [0, 0.05) is 12.9 Å². The summed E-state index contributed by atoms with van der Waals surface area (Å²) >= 11 is 0. The van der Waals surface area contributed by atoms with E-state index in [0.717, 1.165) is 51.3 Å². The van der Waals surface area contributed by atoms with Crippen LogP contribution in [-0.4, -0.2) is 45.7 Å². The predicted octanol–water partition coefficient (Wildman–Crippen LogP) is 1.36. The molecule has 2 aliphatic rings. The molecule has 1 aliphatic heterocycles. The SMILES string of the molecule is CS(=O)(=O)C1CCCC(OCCC2CCNC2)C1. The fourth-order valence-electron chi connectivity index (χ4n) is 3.00. The number of nitrogens with one attached hydrogen (secondary N) is 1. The van der Waals surface area contributed by atoms with E-state index in [2.05, 4.69) is 5.32 Å². The second kappa shape index (κ2) is 6.35. The Morgan fingerprint density at radius 2 is 2.11 bits per heavy atom. The van der Waals surface area contributed by atoms with Gasteiger partial charge in [0.15, 0.2) is 0 Å². The van der Waals surface area contributed by atoms with Crippen LogP contribution < -0.4 is 5.32 Å². The van der Waals surface area contributed by atoms with Gasteiger partial charge in [-0.15, -0.1) is 0 Å². The van der Waals surface area contributed by atoms with Crippen LogP contribution in [0.1, 0.15) is 38.5 Å². The molecule has 3 unspecified atom stereocenters. The van der Waals surface area contributed by atoms with Crippen LogP contribution in [0.15, 0.2) is 0 Å². The zero-order valence-electron chi connectivity index (χ0n) is 11.2. The molecular weight excluding hydrogens is 250 g/mol. The third kappa shape index (κ3) is 4.21. The van der Waals surface area contributed by atoms with Gasteiger partial charge in [0.2, 0.25) is 0 Å². The molecule has 2 fully saturated rings. The highest BCUT2D eigenvalue weighted by molar-refractivity contribution is 7.91. The molecular formula is C13H25NO3S. The minimum atomic E-state index is -2.89. The molecule has 2 rings (SSSR count). The van der Waals surface area contributed by atoms with Crippen molar-refractivity contribution in [3.8, 4) is 0 Å². The van der Waals surface area contributed by atoms with Crippen LogP contribution in [0.2, 0.25) is 0 Å². The Labute approximate surface area is 110 Å². The van der Waals surface area contributed by atoms with E-state index in [1.165, 1.54) is 12.7 Å². The van der Waals surface area contributed by atoms with Gasteiger partial charge in [-0.1, -0.05) is 0 Å². The maximum Gasteiger partial charge on any atom is 0.150 e. The van der Waals surface area contributed by atoms with Crippen molar-refractivity contribution < 1.29 is 13.2 Å². The number of hydrogen-bond acceptors (Lipinski definition) is 4. The second-order valence-corrected chi connectivity index (χ2v) is 8.08. The van der Waals surface area contributed by atoms with E-state index < -0.39 is 9.84 Å². The van der Waals surface area contributed by atoms with Crippen molar-refractivity contribution in [2.24, 2.45) is 5.92 Å². The molecule has 0 bridgehead atoms. The zero-order chi connectivity index (χ0) is 13.0. The van der Waals surface area contributed by atoms with Gasteiger partial charge in [-0.3, -0.25) is 0 Å². The van der Waals surface area contributed by atoms with Crippen molar-refractivity contribution in [2.45, 2.75) is 49.9 Å². The van der Waals surface area contributed by atoms with Crippen molar-refractivity contribution in [2.75, 3.05) is 26.0 Å². The summed E-state index contributed by atoms with van der Waals surface area (Å²) in [6, 6.07) is 0. The molecule has 1 saturated heterocycles. The molecule has 0 aromatic carbocycles. The first-order valence-corrected chi connectivity index (χ1v) is 9.02. The standard InChI is InChI=1S/C13H25NO3S/c1-18(15,16)13-4-2-3-12(9-13)17-8-6-11-5-7-14-10-11/h11-14H,2-10H2,1H3. The highest BCUT2D eigenvalue weighted by atomic mass is 32.2. The minimum absolute atomic E-state index is 0.160. The quantitative estimate of drug-likeness (QED) is 0.823. The van der Waals surface area contributed by atoms with E-state index in [1.807, 2.05) is 0 Å². The zero-order valence-corrected chi connectivity index (χ0v) is 12.0. The van der Waals surface area contributed by atoms with Gasteiger partial charge >= 0.3 is 0 Å². The summed E-state index contributed by atoms with van der Waals surface area (Å²) in [5.74, 6) is 0.749. The van der Waals surface area contributed by atoms with Crippen LogP contribution in [0.4, 0.5) is 0 Å². The number of rotatable bonds is 5. The van der Waals surface area contributed by atoms with Crippen LogP contribution in [0.3, 0.4) is 0 Å². The molecule has 0 amide bonds. The Bertz CT molecular complexity index is 349. The van der Waals surface area contributed by atoms with Crippen molar-refractivity contribution in [3.63, 3.8) is 0 Å².